The first-order valence-corrected chi connectivity index (χ1v) is 5.25. The molecule has 0 bridgehead atoms. The lowest BCUT2D eigenvalue weighted by atomic mass is 9.86. The zero-order chi connectivity index (χ0) is 10.8. The Balaban J connectivity index is 2.59. The minimum Gasteiger partial charge on any atom is -0.368 e. The van der Waals surface area contributed by atoms with Crippen LogP contribution < -0.4 is 11.1 Å². The third-order valence-electron chi connectivity index (χ3n) is 3.33. The molecule has 4 heteroatoms. The van der Waals surface area contributed by atoms with Crippen LogP contribution in [0.2, 0.25) is 0 Å². The van der Waals surface area contributed by atoms with Gasteiger partial charge in [-0.1, -0.05) is 0 Å². The van der Waals surface area contributed by atoms with Crippen LogP contribution in [0, 0.1) is 0 Å². The van der Waals surface area contributed by atoms with Crippen molar-refractivity contribution in [2.24, 2.45) is 5.73 Å². The first kappa shape index (κ1) is 11.5. The van der Waals surface area contributed by atoms with Gasteiger partial charge in [0.1, 0.15) is 0 Å². The van der Waals surface area contributed by atoms with Crippen LogP contribution in [0.3, 0.4) is 0 Å². The molecule has 1 aliphatic rings. The van der Waals surface area contributed by atoms with Crippen molar-refractivity contribution in [3.63, 3.8) is 0 Å². The van der Waals surface area contributed by atoms with Crippen molar-refractivity contribution in [2.75, 3.05) is 20.1 Å². The summed E-state index contributed by atoms with van der Waals surface area (Å²) >= 11 is 0. The highest BCUT2D eigenvalue weighted by atomic mass is 16.1. The number of primary amides is 1. The van der Waals surface area contributed by atoms with Crippen molar-refractivity contribution in [1.82, 2.24) is 10.2 Å². The van der Waals surface area contributed by atoms with Crippen molar-refractivity contribution in [2.45, 2.75) is 38.3 Å². The van der Waals surface area contributed by atoms with Crippen LogP contribution in [0.4, 0.5) is 0 Å². The van der Waals surface area contributed by atoms with Crippen LogP contribution in [0.25, 0.3) is 0 Å². The monoisotopic (exact) mass is 199 g/mol. The number of nitrogens with one attached hydrogen (secondary N) is 1. The van der Waals surface area contributed by atoms with Gasteiger partial charge in [0, 0.05) is 19.1 Å². The average Bonchev–Trinajstić information content (AvgIpc) is 2.17. The van der Waals surface area contributed by atoms with Crippen LogP contribution >= 0.6 is 0 Å². The maximum Gasteiger partial charge on any atom is 0.237 e. The first-order chi connectivity index (χ1) is 6.52. The Hall–Kier alpha value is -0.610. The highest BCUT2D eigenvalue weighted by Gasteiger charge is 2.38. The molecule has 0 atom stereocenters. The summed E-state index contributed by atoms with van der Waals surface area (Å²) < 4.78 is 0. The van der Waals surface area contributed by atoms with E-state index in [9.17, 15) is 4.79 Å². The van der Waals surface area contributed by atoms with Gasteiger partial charge in [-0.15, -0.1) is 0 Å². The van der Waals surface area contributed by atoms with Crippen LogP contribution in [0.15, 0.2) is 0 Å². The van der Waals surface area contributed by atoms with Crippen molar-refractivity contribution in [3.8, 4) is 0 Å². The summed E-state index contributed by atoms with van der Waals surface area (Å²) in [7, 11) is 1.82. The summed E-state index contributed by atoms with van der Waals surface area (Å²) in [6.07, 6.45) is 1.63. The number of rotatable bonds is 3. The second-order valence-electron chi connectivity index (χ2n) is 4.33. The summed E-state index contributed by atoms with van der Waals surface area (Å²) in [6.45, 7) is 6.25. The normalized spacial score (nSPS) is 22.6. The SMILES string of the molecule is CNC1(C(N)=O)CCN(C(C)C)CC1. The summed E-state index contributed by atoms with van der Waals surface area (Å²) in [5.74, 6) is -0.219. The average molecular weight is 199 g/mol. The zero-order valence-corrected chi connectivity index (χ0v) is 9.34. The largest absolute Gasteiger partial charge is 0.368 e. The topological polar surface area (TPSA) is 58.4 Å². The molecule has 1 saturated heterocycles. The molecule has 1 heterocycles. The van der Waals surface area contributed by atoms with Gasteiger partial charge in [-0.05, 0) is 33.7 Å². The molecule has 0 aliphatic carbocycles. The number of hydrogen-bond acceptors (Lipinski definition) is 3. The van der Waals surface area contributed by atoms with Crippen molar-refractivity contribution < 1.29 is 4.79 Å². The molecular formula is C10H21N3O. The molecular weight excluding hydrogens is 178 g/mol. The number of nitrogens with two attached hydrogens (primary N) is 1. The van der Waals surface area contributed by atoms with Gasteiger partial charge in [0.2, 0.25) is 5.91 Å². The third-order valence-corrected chi connectivity index (χ3v) is 3.33. The van der Waals surface area contributed by atoms with Gasteiger partial charge < -0.3 is 16.0 Å². The fourth-order valence-electron chi connectivity index (χ4n) is 2.04. The molecule has 0 aromatic rings. The second-order valence-corrected chi connectivity index (χ2v) is 4.33. The Labute approximate surface area is 85.8 Å². The number of amides is 1. The number of likely N-dealkylation sites (N-methyl/N-ethyl adjacent to an activating group) is 1. The van der Waals surface area contributed by atoms with E-state index in [0.717, 1.165) is 25.9 Å². The van der Waals surface area contributed by atoms with Gasteiger partial charge in [-0.25, -0.2) is 0 Å². The number of hydrogen-bond donors (Lipinski definition) is 2. The van der Waals surface area contributed by atoms with E-state index in [0.29, 0.717) is 6.04 Å². The number of carbonyl (C=O) groups is 1. The molecule has 1 aliphatic heterocycles. The second kappa shape index (κ2) is 4.28. The highest BCUT2D eigenvalue weighted by molar-refractivity contribution is 5.84. The molecule has 0 saturated carbocycles. The zero-order valence-electron chi connectivity index (χ0n) is 9.34. The summed E-state index contributed by atoms with van der Waals surface area (Å²) in [4.78, 5) is 13.7. The summed E-state index contributed by atoms with van der Waals surface area (Å²) in [5.41, 5.74) is 4.95. The van der Waals surface area contributed by atoms with Crippen LogP contribution in [0.5, 0.6) is 0 Å². The van der Waals surface area contributed by atoms with Crippen molar-refractivity contribution >= 4 is 5.91 Å². The summed E-state index contributed by atoms with van der Waals surface area (Å²) in [5, 5.41) is 3.08. The lowest BCUT2D eigenvalue weighted by Gasteiger charge is -2.41. The molecule has 1 amide bonds. The fraction of sp³-hybridized carbons (Fsp3) is 0.900. The first-order valence-electron chi connectivity index (χ1n) is 5.25. The molecule has 3 N–H and O–H groups in total. The fourth-order valence-corrected chi connectivity index (χ4v) is 2.04. The number of nitrogens with zero attached hydrogens (tertiary/aromatic N) is 1. The number of piperidine rings is 1. The molecule has 0 aromatic carbocycles. The van der Waals surface area contributed by atoms with Crippen LogP contribution in [0.1, 0.15) is 26.7 Å². The Morgan fingerprint density at radius 2 is 1.93 bits per heavy atom. The van der Waals surface area contributed by atoms with Gasteiger partial charge in [-0.2, -0.15) is 0 Å². The lowest BCUT2D eigenvalue weighted by molar-refractivity contribution is -0.126. The van der Waals surface area contributed by atoms with Crippen LogP contribution in [-0.4, -0.2) is 42.5 Å². The molecule has 0 spiro atoms. The van der Waals surface area contributed by atoms with Gasteiger partial charge >= 0.3 is 0 Å². The van der Waals surface area contributed by atoms with E-state index in [1.807, 2.05) is 7.05 Å². The molecule has 4 nitrogen and oxygen atoms in total. The summed E-state index contributed by atoms with van der Waals surface area (Å²) in [6, 6.07) is 0.553. The van der Waals surface area contributed by atoms with Crippen molar-refractivity contribution in [3.05, 3.63) is 0 Å². The molecule has 0 unspecified atom stereocenters. The van der Waals surface area contributed by atoms with Gasteiger partial charge in [0.05, 0.1) is 5.54 Å². The van der Waals surface area contributed by atoms with E-state index in [4.69, 9.17) is 5.73 Å². The standard InChI is InChI=1S/C10H21N3O/c1-8(2)13-6-4-10(12-3,5-7-13)9(11)14/h8,12H,4-7H2,1-3H3,(H2,11,14). The number of likely N-dealkylation sites (tertiary alicyclic amines) is 1. The molecule has 0 aromatic heterocycles. The Morgan fingerprint density at radius 3 is 2.21 bits per heavy atom. The van der Waals surface area contributed by atoms with E-state index in [1.165, 1.54) is 0 Å². The molecule has 1 fully saturated rings. The Bertz CT molecular complexity index is 207. The molecule has 1 rings (SSSR count). The van der Waals surface area contributed by atoms with Crippen molar-refractivity contribution in [1.29, 1.82) is 0 Å². The van der Waals surface area contributed by atoms with Gasteiger partial charge in [0.15, 0.2) is 0 Å². The number of carbonyl (C=O) groups excluding carboxylic acids is 1. The Morgan fingerprint density at radius 1 is 1.43 bits per heavy atom. The lowest BCUT2D eigenvalue weighted by Crippen LogP contribution is -2.60. The van der Waals surface area contributed by atoms with Gasteiger partial charge in [-0.3, -0.25) is 4.79 Å². The highest BCUT2D eigenvalue weighted by Crippen LogP contribution is 2.22. The minimum atomic E-state index is -0.467. The van der Waals surface area contributed by atoms with E-state index < -0.39 is 5.54 Å². The van der Waals surface area contributed by atoms with E-state index in [-0.39, 0.29) is 5.91 Å². The Kier molecular flexibility index (Phi) is 3.50. The predicted molar refractivity (Wildman–Crippen MR) is 56.9 cm³/mol. The van der Waals surface area contributed by atoms with E-state index in [1.54, 1.807) is 0 Å². The maximum absolute atomic E-state index is 11.3. The minimum absolute atomic E-state index is 0.219. The van der Waals surface area contributed by atoms with Gasteiger partial charge in [0.25, 0.3) is 0 Å². The van der Waals surface area contributed by atoms with E-state index in [2.05, 4.69) is 24.1 Å². The quantitative estimate of drug-likeness (QED) is 0.669. The third kappa shape index (κ3) is 2.07. The van der Waals surface area contributed by atoms with E-state index >= 15 is 0 Å². The maximum atomic E-state index is 11.3. The predicted octanol–water partition coefficient (Wildman–Crippen LogP) is -0.0659. The molecule has 0 radical (unpaired) electrons. The smallest absolute Gasteiger partial charge is 0.237 e. The molecule has 14 heavy (non-hydrogen) atoms. The van der Waals surface area contributed by atoms with Crippen LogP contribution in [-0.2, 0) is 4.79 Å². The molecule has 82 valence electrons.